The van der Waals surface area contributed by atoms with E-state index in [0.717, 1.165) is 29.8 Å². The van der Waals surface area contributed by atoms with Crippen molar-refractivity contribution in [3.05, 3.63) is 53.7 Å². The molecule has 1 aromatic carbocycles. The van der Waals surface area contributed by atoms with Gasteiger partial charge in [0.25, 0.3) is 0 Å². The number of benzene rings is 1. The minimum atomic E-state index is -0.526. The van der Waals surface area contributed by atoms with Crippen molar-refractivity contribution in [2.75, 3.05) is 6.54 Å². The van der Waals surface area contributed by atoms with E-state index in [0.29, 0.717) is 12.1 Å². The van der Waals surface area contributed by atoms with Crippen LogP contribution in [0, 0.1) is 0 Å². The van der Waals surface area contributed by atoms with Gasteiger partial charge in [0, 0.05) is 17.7 Å². The van der Waals surface area contributed by atoms with Crippen molar-refractivity contribution in [1.82, 2.24) is 9.88 Å². The van der Waals surface area contributed by atoms with Crippen molar-refractivity contribution in [2.45, 2.75) is 45.3 Å². The predicted molar refractivity (Wildman–Crippen MR) is 103 cm³/mol. The van der Waals surface area contributed by atoms with E-state index in [1.165, 1.54) is 0 Å². The zero-order chi connectivity index (χ0) is 19.6. The Morgan fingerprint density at radius 2 is 1.85 bits per heavy atom. The van der Waals surface area contributed by atoms with Crippen molar-refractivity contribution in [3.63, 3.8) is 0 Å². The van der Waals surface area contributed by atoms with Gasteiger partial charge < -0.3 is 10.5 Å². The van der Waals surface area contributed by atoms with E-state index in [2.05, 4.69) is 0 Å². The zero-order valence-corrected chi connectivity index (χ0v) is 15.9. The zero-order valence-electron chi connectivity index (χ0n) is 15.9. The fourth-order valence-electron chi connectivity index (χ4n) is 3.22. The lowest BCUT2D eigenvalue weighted by Crippen LogP contribution is -2.36. The number of likely N-dealkylation sites (tertiary alicyclic amines) is 1. The quantitative estimate of drug-likeness (QED) is 0.891. The Morgan fingerprint density at radius 3 is 2.48 bits per heavy atom. The van der Waals surface area contributed by atoms with Crippen LogP contribution in [0.15, 0.2) is 42.5 Å². The van der Waals surface area contributed by atoms with Gasteiger partial charge in [-0.25, -0.2) is 4.79 Å². The lowest BCUT2D eigenvalue weighted by molar-refractivity contribution is 0.0221. The fraction of sp³-hybridized carbons (Fsp3) is 0.381. The van der Waals surface area contributed by atoms with E-state index in [9.17, 15) is 9.59 Å². The highest BCUT2D eigenvalue weighted by Crippen LogP contribution is 2.33. The van der Waals surface area contributed by atoms with E-state index in [1.807, 2.05) is 51.1 Å². The number of ether oxygens (including phenoxy) is 1. The molecule has 0 bridgehead atoms. The molecule has 1 fully saturated rings. The highest BCUT2D eigenvalue weighted by atomic mass is 16.6. The number of carbonyl (C=O) groups is 2. The number of hydrogen-bond donors (Lipinski definition) is 1. The molecule has 2 heterocycles. The van der Waals surface area contributed by atoms with E-state index in [4.69, 9.17) is 15.5 Å². The average Bonchev–Trinajstić information content (AvgIpc) is 3.10. The number of primary amides is 1. The summed E-state index contributed by atoms with van der Waals surface area (Å²) >= 11 is 0. The third-order valence-corrected chi connectivity index (χ3v) is 4.46. The van der Waals surface area contributed by atoms with Crippen LogP contribution >= 0.6 is 0 Å². The number of aromatic nitrogens is 1. The Bertz CT molecular complexity index is 840. The van der Waals surface area contributed by atoms with Crippen molar-refractivity contribution in [1.29, 1.82) is 0 Å². The molecule has 1 aromatic heterocycles. The summed E-state index contributed by atoms with van der Waals surface area (Å²) in [6.45, 7) is 6.26. The summed E-state index contributed by atoms with van der Waals surface area (Å²) in [6, 6.07) is 12.7. The first kappa shape index (κ1) is 18.9. The molecule has 1 aliphatic heterocycles. The minimum absolute atomic E-state index is 0.0929. The summed E-state index contributed by atoms with van der Waals surface area (Å²) in [4.78, 5) is 30.3. The molecule has 1 aliphatic rings. The van der Waals surface area contributed by atoms with Crippen LogP contribution in [-0.4, -0.2) is 34.0 Å². The Labute approximate surface area is 159 Å². The summed E-state index contributed by atoms with van der Waals surface area (Å²) in [7, 11) is 0. The molecule has 0 radical (unpaired) electrons. The SMILES string of the molecule is CC(C)(C)OC(=O)N1CCCC1c1cccc(-c2ccc(C(N)=O)cc2)n1. The van der Waals surface area contributed by atoms with Gasteiger partial charge in [0.1, 0.15) is 5.60 Å². The van der Waals surface area contributed by atoms with Crippen LogP contribution in [0.5, 0.6) is 0 Å². The smallest absolute Gasteiger partial charge is 0.410 e. The van der Waals surface area contributed by atoms with Crippen LogP contribution in [0.2, 0.25) is 0 Å². The number of carbonyl (C=O) groups excluding carboxylic acids is 2. The molecular weight excluding hydrogens is 342 g/mol. The van der Waals surface area contributed by atoms with Crippen molar-refractivity contribution < 1.29 is 14.3 Å². The van der Waals surface area contributed by atoms with Crippen molar-refractivity contribution in [3.8, 4) is 11.3 Å². The topological polar surface area (TPSA) is 85.5 Å². The number of hydrogen-bond acceptors (Lipinski definition) is 4. The Kier molecular flexibility index (Phi) is 5.17. The summed E-state index contributed by atoms with van der Waals surface area (Å²) in [5.41, 5.74) is 7.75. The molecule has 2 aromatic rings. The van der Waals surface area contributed by atoms with E-state index >= 15 is 0 Å². The molecule has 6 heteroatoms. The average molecular weight is 367 g/mol. The van der Waals surface area contributed by atoms with Gasteiger partial charge in [0.05, 0.1) is 17.4 Å². The number of nitrogens with zero attached hydrogens (tertiary/aromatic N) is 2. The van der Waals surface area contributed by atoms with Gasteiger partial charge in [-0.15, -0.1) is 0 Å². The van der Waals surface area contributed by atoms with E-state index in [-0.39, 0.29) is 12.1 Å². The predicted octanol–water partition coefficient (Wildman–Crippen LogP) is 3.92. The first-order chi connectivity index (χ1) is 12.7. The van der Waals surface area contributed by atoms with Crippen molar-refractivity contribution in [2.24, 2.45) is 5.73 Å². The third-order valence-electron chi connectivity index (χ3n) is 4.46. The second-order valence-corrected chi connectivity index (χ2v) is 7.72. The molecule has 1 saturated heterocycles. The number of pyridine rings is 1. The highest BCUT2D eigenvalue weighted by Gasteiger charge is 2.34. The van der Waals surface area contributed by atoms with Crippen LogP contribution in [0.4, 0.5) is 4.79 Å². The van der Waals surface area contributed by atoms with Gasteiger partial charge >= 0.3 is 6.09 Å². The molecule has 1 unspecified atom stereocenters. The number of rotatable bonds is 3. The molecule has 0 spiro atoms. The maximum atomic E-state index is 12.5. The molecule has 1 atom stereocenters. The summed E-state index contributed by atoms with van der Waals surface area (Å²) < 4.78 is 5.54. The van der Waals surface area contributed by atoms with Gasteiger partial charge in [0.15, 0.2) is 0 Å². The minimum Gasteiger partial charge on any atom is -0.444 e. The van der Waals surface area contributed by atoms with Crippen LogP contribution in [-0.2, 0) is 4.74 Å². The summed E-state index contributed by atoms with van der Waals surface area (Å²) in [5, 5.41) is 0. The molecule has 0 aliphatic carbocycles. The lowest BCUT2D eigenvalue weighted by atomic mass is 10.1. The van der Waals surface area contributed by atoms with Crippen LogP contribution in [0.3, 0.4) is 0 Å². The van der Waals surface area contributed by atoms with Gasteiger partial charge in [-0.05, 0) is 57.9 Å². The Hall–Kier alpha value is -2.89. The number of amides is 2. The molecular formula is C21H25N3O3. The molecule has 2 amide bonds. The largest absolute Gasteiger partial charge is 0.444 e. The van der Waals surface area contributed by atoms with Crippen LogP contribution in [0.25, 0.3) is 11.3 Å². The maximum Gasteiger partial charge on any atom is 0.410 e. The second-order valence-electron chi connectivity index (χ2n) is 7.72. The van der Waals surface area contributed by atoms with Crippen LogP contribution in [0.1, 0.15) is 55.7 Å². The number of nitrogens with two attached hydrogens (primary N) is 1. The maximum absolute atomic E-state index is 12.5. The highest BCUT2D eigenvalue weighted by molar-refractivity contribution is 5.93. The second kappa shape index (κ2) is 7.39. The monoisotopic (exact) mass is 367 g/mol. The van der Waals surface area contributed by atoms with Gasteiger partial charge in [-0.3, -0.25) is 14.7 Å². The third kappa shape index (κ3) is 4.45. The van der Waals surface area contributed by atoms with E-state index in [1.54, 1.807) is 17.0 Å². The normalized spacial score (nSPS) is 17.0. The fourth-order valence-corrected chi connectivity index (χ4v) is 3.22. The first-order valence-electron chi connectivity index (χ1n) is 9.11. The summed E-state index contributed by atoms with van der Waals surface area (Å²) in [6.07, 6.45) is 1.47. The standard InChI is InChI=1S/C21H25N3O3/c1-21(2,3)27-20(26)24-13-5-8-18(24)17-7-4-6-16(23-17)14-9-11-15(12-10-14)19(22)25/h4,6-7,9-12,18H,5,8,13H2,1-3H3,(H2,22,25). The molecule has 27 heavy (non-hydrogen) atoms. The molecule has 142 valence electrons. The Morgan fingerprint density at radius 1 is 1.15 bits per heavy atom. The van der Waals surface area contributed by atoms with Crippen LogP contribution < -0.4 is 5.73 Å². The van der Waals surface area contributed by atoms with Gasteiger partial charge in [-0.2, -0.15) is 0 Å². The molecule has 2 N–H and O–H groups in total. The molecule has 0 saturated carbocycles. The van der Waals surface area contributed by atoms with E-state index < -0.39 is 11.5 Å². The van der Waals surface area contributed by atoms with Gasteiger partial charge in [0.2, 0.25) is 5.91 Å². The summed E-state index contributed by atoms with van der Waals surface area (Å²) in [5.74, 6) is -0.456. The Balaban J connectivity index is 1.84. The lowest BCUT2D eigenvalue weighted by Gasteiger charge is -2.28. The van der Waals surface area contributed by atoms with Gasteiger partial charge in [-0.1, -0.05) is 18.2 Å². The molecule has 6 nitrogen and oxygen atoms in total. The molecule has 3 rings (SSSR count). The van der Waals surface area contributed by atoms with Crippen molar-refractivity contribution >= 4 is 12.0 Å². The first-order valence-corrected chi connectivity index (χ1v) is 9.11.